The Kier molecular flexibility index (Phi) is 6.56. The van der Waals surface area contributed by atoms with Crippen molar-refractivity contribution < 1.29 is 14.3 Å². The first-order valence-electron chi connectivity index (χ1n) is 9.66. The van der Waals surface area contributed by atoms with E-state index in [1.54, 1.807) is 17.0 Å². The molecule has 2 N–H and O–H groups in total. The van der Waals surface area contributed by atoms with Gasteiger partial charge < -0.3 is 19.9 Å². The van der Waals surface area contributed by atoms with Gasteiger partial charge in [-0.05, 0) is 43.4 Å². The SMILES string of the molecule is COC(=O)N[C@H](C(=O)N1CCCC[C@H]1c1nc2ccc(Br)cc2c(=O)[nH]1)C(C)C. The molecular formula is C20H25BrN4O4. The largest absolute Gasteiger partial charge is 0.453 e. The zero-order chi connectivity index (χ0) is 21.1. The van der Waals surface area contributed by atoms with E-state index in [4.69, 9.17) is 0 Å². The first-order valence-corrected chi connectivity index (χ1v) is 10.5. The second-order valence-electron chi connectivity index (χ2n) is 7.51. The van der Waals surface area contributed by atoms with E-state index in [1.165, 1.54) is 7.11 Å². The number of amides is 2. The Balaban J connectivity index is 1.96. The van der Waals surface area contributed by atoms with Gasteiger partial charge in [0.25, 0.3) is 5.56 Å². The van der Waals surface area contributed by atoms with Gasteiger partial charge in [0.2, 0.25) is 5.91 Å². The highest BCUT2D eigenvalue weighted by atomic mass is 79.9. The fraction of sp³-hybridized carbons (Fsp3) is 0.500. The average molecular weight is 465 g/mol. The van der Waals surface area contributed by atoms with E-state index in [0.717, 1.165) is 17.3 Å². The Bertz CT molecular complexity index is 975. The maximum atomic E-state index is 13.3. The number of benzene rings is 1. The Hall–Kier alpha value is -2.42. The number of carbonyl (C=O) groups is 2. The molecule has 1 aromatic carbocycles. The van der Waals surface area contributed by atoms with Crippen molar-refractivity contribution in [2.45, 2.75) is 45.2 Å². The molecule has 1 aliphatic rings. The van der Waals surface area contributed by atoms with Crippen LogP contribution in [0.15, 0.2) is 27.5 Å². The van der Waals surface area contributed by atoms with Gasteiger partial charge in [0.05, 0.1) is 24.1 Å². The minimum Gasteiger partial charge on any atom is -0.453 e. The molecule has 1 aromatic heterocycles. The Morgan fingerprint density at radius 3 is 2.79 bits per heavy atom. The Labute approximate surface area is 177 Å². The minimum atomic E-state index is -0.716. The molecule has 0 saturated carbocycles. The van der Waals surface area contributed by atoms with E-state index in [1.807, 2.05) is 19.9 Å². The van der Waals surface area contributed by atoms with Crippen molar-refractivity contribution in [3.8, 4) is 0 Å². The quantitative estimate of drug-likeness (QED) is 0.722. The van der Waals surface area contributed by atoms with Crippen molar-refractivity contribution in [2.24, 2.45) is 5.92 Å². The lowest BCUT2D eigenvalue weighted by molar-refractivity contribution is -0.138. The van der Waals surface area contributed by atoms with Crippen molar-refractivity contribution in [2.75, 3.05) is 13.7 Å². The van der Waals surface area contributed by atoms with E-state index in [2.05, 4.69) is 36.0 Å². The Morgan fingerprint density at radius 1 is 1.34 bits per heavy atom. The van der Waals surface area contributed by atoms with Crippen molar-refractivity contribution in [3.63, 3.8) is 0 Å². The summed E-state index contributed by atoms with van der Waals surface area (Å²) in [5.74, 6) is 0.150. The number of rotatable bonds is 4. The van der Waals surface area contributed by atoms with E-state index in [0.29, 0.717) is 29.7 Å². The van der Waals surface area contributed by atoms with Crippen LogP contribution >= 0.6 is 15.9 Å². The predicted octanol–water partition coefficient (Wildman–Crippen LogP) is 3.12. The molecule has 1 aliphatic heterocycles. The number of hydrogen-bond acceptors (Lipinski definition) is 5. The van der Waals surface area contributed by atoms with Gasteiger partial charge in [-0.2, -0.15) is 0 Å². The molecule has 2 amide bonds. The summed E-state index contributed by atoms with van der Waals surface area (Å²) < 4.78 is 5.47. The molecule has 2 heterocycles. The van der Waals surface area contributed by atoms with Crippen molar-refractivity contribution in [1.82, 2.24) is 20.2 Å². The molecule has 0 unspecified atom stereocenters. The highest BCUT2D eigenvalue weighted by Gasteiger charge is 2.36. The maximum absolute atomic E-state index is 13.3. The molecule has 2 atom stereocenters. The van der Waals surface area contributed by atoms with Crippen molar-refractivity contribution in [1.29, 1.82) is 0 Å². The number of piperidine rings is 1. The number of halogens is 1. The van der Waals surface area contributed by atoms with Crippen LogP contribution in [0, 0.1) is 5.92 Å². The van der Waals surface area contributed by atoms with Crippen LogP contribution in [0.3, 0.4) is 0 Å². The van der Waals surface area contributed by atoms with Gasteiger partial charge in [-0.3, -0.25) is 9.59 Å². The monoisotopic (exact) mass is 464 g/mol. The third-order valence-corrected chi connectivity index (χ3v) is 5.67. The van der Waals surface area contributed by atoms with Crippen molar-refractivity contribution >= 4 is 38.8 Å². The number of aromatic amines is 1. The molecule has 3 rings (SSSR count). The van der Waals surface area contributed by atoms with Gasteiger partial charge in [-0.25, -0.2) is 9.78 Å². The summed E-state index contributed by atoms with van der Waals surface area (Å²) in [5, 5.41) is 3.12. The molecule has 1 fully saturated rings. The number of hydrogen-bond donors (Lipinski definition) is 2. The first kappa shape index (κ1) is 21.3. The first-order chi connectivity index (χ1) is 13.8. The lowest BCUT2D eigenvalue weighted by Gasteiger charge is -2.38. The number of ether oxygens (including phenoxy) is 1. The number of carbonyl (C=O) groups excluding carboxylic acids is 2. The van der Waals surface area contributed by atoms with E-state index >= 15 is 0 Å². The molecular weight excluding hydrogens is 440 g/mol. The van der Waals surface area contributed by atoms with E-state index in [9.17, 15) is 14.4 Å². The molecule has 8 nitrogen and oxygen atoms in total. The second-order valence-corrected chi connectivity index (χ2v) is 8.43. The third-order valence-electron chi connectivity index (χ3n) is 5.18. The van der Waals surface area contributed by atoms with Crippen LogP contribution in [-0.2, 0) is 9.53 Å². The minimum absolute atomic E-state index is 0.120. The highest BCUT2D eigenvalue weighted by molar-refractivity contribution is 9.10. The highest BCUT2D eigenvalue weighted by Crippen LogP contribution is 2.30. The summed E-state index contributed by atoms with van der Waals surface area (Å²) in [4.78, 5) is 46.8. The molecule has 2 aromatic rings. The van der Waals surface area contributed by atoms with Crippen LogP contribution in [0.1, 0.15) is 45.0 Å². The zero-order valence-electron chi connectivity index (χ0n) is 16.7. The van der Waals surface area contributed by atoms with Crippen LogP contribution in [-0.4, -0.2) is 46.6 Å². The molecule has 0 spiro atoms. The van der Waals surface area contributed by atoms with Gasteiger partial charge in [0.1, 0.15) is 11.9 Å². The van der Waals surface area contributed by atoms with E-state index < -0.39 is 12.1 Å². The second kappa shape index (κ2) is 8.94. The molecule has 0 bridgehead atoms. The lowest BCUT2D eigenvalue weighted by atomic mass is 9.96. The number of likely N-dealkylation sites (tertiary alicyclic amines) is 1. The van der Waals surface area contributed by atoms with Crippen LogP contribution in [0.2, 0.25) is 0 Å². The maximum Gasteiger partial charge on any atom is 0.407 e. The summed E-state index contributed by atoms with van der Waals surface area (Å²) in [5.41, 5.74) is 0.343. The average Bonchev–Trinajstić information content (AvgIpc) is 2.71. The molecule has 156 valence electrons. The fourth-order valence-electron chi connectivity index (χ4n) is 3.64. The van der Waals surface area contributed by atoms with Gasteiger partial charge in [0, 0.05) is 11.0 Å². The summed E-state index contributed by atoms with van der Waals surface area (Å²) in [7, 11) is 1.27. The lowest BCUT2D eigenvalue weighted by Crippen LogP contribution is -2.53. The van der Waals surface area contributed by atoms with Crippen LogP contribution in [0.4, 0.5) is 4.79 Å². The molecule has 0 radical (unpaired) electrons. The summed E-state index contributed by atoms with van der Waals surface area (Å²) in [6.07, 6.45) is 1.83. The topological polar surface area (TPSA) is 104 Å². The Morgan fingerprint density at radius 2 is 2.10 bits per heavy atom. The number of methoxy groups -OCH3 is 1. The summed E-state index contributed by atoms with van der Waals surface area (Å²) >= 11 is 3.37. The van der Waals surface area contributed by atoms with Crippen LogP contribution in [0.25, 0.3) is 10.9 Å². The number of nitrogens with one attached hydrogen (secondary N) is 2. The molecule has 0 aliphatic carbocycles. The van der Waals surface area contributed by atoms with Gasteiger partial charge in [-0.1, -0.05) is 29.8 Å². The van der Waals surface area contributed by atoms with E-state index in [-0.39, 0.29) is 23.4 Å². The summed E-state index contributed by atoms with van der Waals surface area (Å²) in [6.45, 7) is 4.27. The number of alkyl carbamates (subject to hydrolysis) is 1. The fourth-order valence-corrected chi connectivity index (χ4v) is 4.01. The predicted molar refractivity (Wildman–Crippen MR) is 113 cm³/mol. The smallest absolute Gasteiger partial charge is 0.407 e. The molecule has 29 heavy (non-hydrogen) atoms. The molecule has 9 heteroatoms. The molecule has 1 saturated heterocycles. The van der Waals surface area contributed by atoms with Gasteiger partial charge in [-0.15, -0.1) is 0 Å². The number of nitrogens with zero attached hydrogens (tertiary/aromatic N) is 2. The van der Waals surface area contributed by atoms with Gasteiger partial charge >= 0.3 is 6.09 Å². The number of H-pyrrole nitrogens is 1. The number of aromatic nitrogens is 2. The van der Waals surface area contributed by atoms with Crippen molar-refractivity contribution in [3.05, 3.63) is 38.9 Å². The van der Waals surface area contributed by atoms with Crippen LogP contribution < -0.4 is 10.9 Å². The standard InChI is InChI=1S/C20H25BrN4O4/c1-11(2)16(23-20(28)29-3)19(27)25-9-5-4-6-15(25)17-22-14-8-7-12(21)10-13(14)18(26)24-17/h7-8,10-11,15-16H,4-6,9H2,1-3H3,(H,23,28)(H,22,24,26)/t15-,16-/m0/s1. The van der Waals surface area contributed by atoms with Gasteiger partial charge in [0.15, 0.2) is 0 Å². The summed E-state index contributed by atoms with van der Waals surface area (Å²) in [6, 6.07) is 4.27. The van der Waals surface area contributed by atoms with Crippen LogP contribution in [0.5, 0.6) is 0 Å². The third kappa shape index (κ3) is 4.60. The number of fused-ring (bicyclic) bond motifs is 1. The zero-order valence-corrected chi connectivity index (χ0v) is 18.3. The normalized spacial score (nSPS) is 18.0.